The Hall–Kier alpha value is -3.43. The molecule has 8 nitrogen and oxygen atoms in total. The highest BCUT2D eigenvalue weighted by Crippen LogP contribution is 2.34. The van der Waals surface area contributed by atoms with Crippen LogP contribution in [-0.4, -0.2) is 79.0 Å². The first-order valence-electron chi connectivity index (χ1n) is 12.3. The first-order valence-corrected chi connectivity index (χ1v) is 12.6. The molecule has 0 bridgehead atoms. The van der Waals surface area contributed by atoms with Crippen LogP contribution < -0.4 is 5.32 Å². The number of ether oxygens (including phenoxy) is 1. The van der Waals surface area contributed by atoms with Crippen LogP contribution in [0, 0.1) is 5.82 Å². The number of nitrogens with zero attached hydrogens (tertiary/aromatic N) is 3. The third kappa shape index (κ3) is 5.94. The molecule has 0 spiro atoms. The second-order valence-electron chi connectivity index (χ2n) is 8.98. The lowest BCUT2D eigenvalue weighted by Gasteiger charge is -2.36. The minimum absolute atomic E-state index is 0.184. The Bertz CT molecular complexity index is 1220. The number of nitrogens with one attached hydrogen (secondary N) is 1. The lowest BCUT2D eigenvalue weighted by molar-refractivity contribution is -0.139. The number of carbonyl (C=O) groups excluding carboxylic acids is 3. The molecule has 37 heavy (non-hydrogen) atoms. The maximum absolute atomic E-state index is 13.6. The number of halogens is 2. The monoisotopic (exact) mass is 528 g/mol. The van der Waals surface area contributed by atoms with Crippen molar-refractivity contribution in [3.63, 3.8) is 0 Å². The predicted octanol–water partition coefficient (Wildman–Crippen LogP) is 3.84. The number of amides is 3. The molecule has 0 aromatic heterocycles. The van der Waals surface area contributed by atoms with Gasteiger partial charge in [0.15, 0.2) is 0 Å². The van der Waals surface area contributed by atoms with Gasteiger partial charge in [-0.05, 0) is 43.2 Å². The van der Waals surface area contributed by atoms with E-state index in [9.17, 15) is 18.8 Å². The minimum atomic E-state index is -0.760. The molecule has 1 N–H and O–H groups in total. The molecule has 2 aliphatic rings. The van der Waals surface area contributed by atoms with Crippen LogP contribution in [0.2, 0.25) is 5.02 Å². The van der Waals surface area contributed by atoms with Crippen LogP contribution in [0.3, 0.4) is 0 Å². The van der Waals surface area contributed by atoms with E-state index < -0.39 is 17.8 Å². The van der Waals surface area contributed by atoms with Gasteiger partial charge in [-0.25, -0.2) is 14.0 Å². The summed E-state index contributed by atoms with van der Waals surface area (Å²) < 4.78 is 19.0. The van der Waals surface area contributed by atoms with Gasteiger partial charge in [0.1, 0.15) is 5.82 Å². The van der Waals surface area contributed by atoms with Crippen molar-refractivity contribution in [1.29, 1.82) is 0 Å². The average Bonchev–Trinajstić information content (AvgIpc) is 3.12. The van der Waals surface area contributed by atoms with Crippen LogP contribution in [0.5, 0.6) is 0 Å². The van der Waals surface area contributed by atoms with Gasteiger partial charge in [-0.15, -0.1) is 0 Å². The molecule has 10 heteroatoms. The zero-order valence-electron chi connectivity index (χ0n) is 20.9. The number of urea groups is 1. The van der Waals surface area contributed by atoms with Crippen molar-refractivity contribution < 1.29 is 23.5 Å². The molecule has 2 aliphatic heterocycles. The standard InChI is InChI=1S/C27H30ClFN4O4/c1-3-37-26(35)23-22(31(2)27(36)30-24(23)20-10-4-5-11-21(20)28)17-32-12-7-13-33(15-14-32)25(34)18-8-6-9-19(29)16-18/h4-6,8-11,16,24H,3,7,12-15,17H2,1-2H3,(H,30,36)/t24-/m1/s1. The lowest BCUT2D eigenvalue weighted by Crippen LogP contribution is -2.49. The predicted molar refractivity (Wildman–Crippen MR) is 138 cm³/mol. The van der Waals surface area contributed by atoms with Crippen molar-refractivity contribution in [2.45, 2.75) is 19.4 Å². The van der Waals surface area contributed by atoms with Gasteiger partial charge in [-0.2, -0.15) is 0 Å². The Labute approximate surface area is 220 Å². The number of benzene rings is 2. The maximum Gasteiger partial charge on any atom is 0.338 e. The molecular weight excluding hydrogens is 499 g/mol. The van der Waals surface area contributed by atoms with E-state index in [1.54, 1.807) is 49.2 Å². The van der Waals surface area contributed by atoms with Crippen molar-refractivity contribution in [1.82, 2.24) is 20.0 Å². The molecule has 3 amide bonds. The Kier molecular flexibility index (Phi) is 8.45. The van der Waals surface area contributed by atoms with E-state index in [0.717, 1.165) is 0 Å². The van der Waals surface area contributed by atoms with Crippen LogP contribution in [-0.2, 0) is 9.53 Å². The highest BCUT2D eigenvalue weighted by Gasteiger charge is 2.38. The average molecular weight is 529 g/mol. The number of hydrogen-bond acceptors (Lipinski definition) is 5. The normalized spacial score (nSPS) is 18.9. The summed E-state index contributed by atoms with van der Waals surface area (Å²) in [5.41, 5.74) is 1.77. The van der Waals surface area contributed by atoms with Gasteiger partial charge < -0.3 is 15.0 Å². The third-order valence-corrected chi connectivity index (χ3v) is 6.95. The smallest absolute Gasteiger partial charge is 0.338 e. The Balaban J connectivity index is 1.60. The highest BCUT2D eigenvalue weighted by atomic mass is 35.5. The van der Waals surface area contributed by atoms with Gasteiger partial charge >= 0.3 is 12.0 Å². The van der Waals surface area contributed by atoms with Crippen LogP contribution in [0.4, 0.5) is 9.18 Å². The summed E-state index contributed by atoms with van der Waals surface area (Å²) in [5, 5.41) is 3.31. The second kappa shape index (κ2) is 11.7. The molecular formula is C27H30ClFN4O4. The number of rotatable bonds is 6. The van der Waals surface area contributed by atoms with Crippen LogP contribution in [0.25, 0.3) is 0 Å². The zero-order valence-corrected chi connectivity index (χ0v) is 21.6. The van der Waals surface area contributed by atoms with Crippen molar-refractivity contribution in [2.75, 3.05) is 46.4 Å². The molecule has 2 heterocycles. The van der Waals surface area contributed by atoms with Gasteiger partial charge in [0.2, 0.25) is 0 Å². The third-order valence-electron chi connectivity index (χ3n) is 6.61. The summed E-state index contributed by atoms with van der Waals surface area (Å²) >= 11 is 6.44. The molecule has 2 aromatic carbocycles. The van der Waals surface area contributed by atoms with Gasteiger partial charge in [0.25, 0.3) is 5.91 Å². The number of likely N-dealkylation sites (N-methyl/N-ethyl adjacent to an activating group) is 1. The molecule has 0 aliphatic carbocycles. The van der Waals surface area contributed by atoms with Gasteiger partial charge in [-0.1, -0.05) is 35.9 Å². The van der Waals surface area contributed by atoms with Crippen molar-refractivity contribution in [2.24, 2.45) is 0 Å². The molecule has 196 valence electrons. The Morgan fingerprint density at radius 3 is 2.62 bits per heavy atom. The molecule has 0 radical (unpaired) electrons. The summed E-state index contributed by atoms with van der Waals surface area (Å²) in [5.74, 6) is -1.19. The van der Waals surface area contributed by atoms with E-state index in [-0.39, 0.29) is 18.5 Å². The van der Waals surface area contributed by atoms with Crippen LogP contribution in [0.15, 0.2) is 59.8 Å². The van der Waals surface area contributed by atoms with E-state index in [2.05, 4.69) is 10.2 Å². The van der Waals surface area contributed by atoms with Crippen molar-refractivity contribution in [3.8, 4) is 0 Å². The van der Waals surface area contributed by atoms with E-state index in [1.165, 1.54) is 23.1 Å². The number of hydrogen-bond donors (Lipinski definition) is 1. The lowest BCUT2D eigenvalue weighted by atomic mass is 9.94. The largest absolute Gasteiger partial charge is 0.463 e. The second-order valence-corrected chi connectivity index (χ2v) is 9.38. The van der Waals surface area contributed by atoms with Crippen LogP contribution in [0.1, 0.15) is 35.3 Å². The van der Waals surface area contributed by atoms with Gasteiger partial charge in [0.05, 0.1) is 18.2 Å². The minimum Gasteiger partial charge on any atom is -0.463 e. The van der Waals surface area contributed by atoms with E-state index in [1.807, 2.05) is 0 Å². The Morgan fingerprint density at radius 2 is 1.89 bits per heavy atom. The first kappa shape index (κ1) is 26.6. The molecule has 2 aromatic rings. The van der Waals surface area contributed by atoms with Crippen molar-refractivity contribution >= 4 is 29.5 Å². The summed E-state index contributed by atoms with van der Waals surface area (Å²) in [6, 6.07) is 11.6. The quantitative estimate of drug-likeness (QED) is 0.576. The summed E-state index contributed by atoms with van der Waals surface area (Å²) in [7, 11) is 1.62. The SMILES string of the molecule is CCOC(=O)C1=C(CN2CCCN(C(=O)c3cccc(F)c3)CC2)N(C)C(=O)N[C@@H]1c1ccccc1Cl. The summed E-state index contributed by atoms with van der Waals surface area (Å²) in [4.78, 5) is 44.3. The number of esters is 1. The van der Waals surface area contributed by atoms with Crippen molar-refractivity contribution in [3.05, 3.63) is 81.8 Å². The topological polar surface area (TPSA) is 82.2 Å². The fourth-order valence-corrected chi connectivity index (χ4v) is 4.93. The fourth-order valence-electron chi connectivity index (χ4n) is 4.69. The summed E-state index contributed by atoms with van der Waals surface area (Å²) in [6.07, 6.45) is 0.687. The molecule has 4 rings (SSSR count). The molecule has 1 fully saturated rings. The van der Waals surface area contributed by atoms with E-state index in [4.69, 9.17) is 16.3 Å². The molecule has 0 unspecified atom stereocenters. The van der Waals surface area contributed by atoms with E-state index >= 15 is 0 Å². The molecule has 1 saturated heterocycles. The Morgan fingerprint density at radius 1 is 1.11 bits per heavy atom. The van der Waals surface area contributed by atoms with E-state index in [0.29, 0.717) is 66.6 Å². The fraction of sp³-hybridized carbons (Fsp3) is 0.370. The summed E-state index contributed by atoms with van der Waals surface area (Å²) in [6.45, 7) is 4.35. The maximum atomic E-state index is 13.6. The number of carbonyl (C=O) groups is 3. The van der Waals surface area contributed by atoms with Crippen LogP contribution >= 0.6 is 11.6 Å². The highest BCUT2D eigenvalue weighted by molar-refractivity contribution is 6.31. The zero-order chi connectivity index (χ0) is 26.5. The first-order chi connectivity index (χ1) is 17.8. The van der Waals surface area contributed by atoms with Gasteiger partial charge in [0, 0.05) is 56.1 Å². The molecule has 0 saturated carbocycles. The van der Waals surface area contributed by atoms with Gasteiger partial charge in [-0.3, -0.25) is 14.6 Å². The molecule has 1 atom stereocenters.